The van der Waals surface area contributed by atoms with Crippen LogP contribution in [0, 0.1) is 5.82 Å². The molecular formula is C20H18ClFN4O4S. The number of nitrogens with zero attached hydrogens (tertiary/aromatic N) is 3. The number of para-hydroxylation sites is 1. The maximum absolute atomic E-state index is 12.9. The molecule has 0 saturated carbocycles. The number of ether oxygens (including phenoxy) is 1. The zero-order valence-electron chi connectivity index (χ0n) is 16.4. The summed E-state index contributed by atoms with van der Waals surface area (Å²) in [6, 6.07) is 12.4. The van der Waals surface area contributed by atoms with Gasteiger partial charge >= 0.3 is 0 Å². The first-order valence-electron chi connectivity index (χ1n) is 9.02. The van der Waals surface area contributed by atoms with Gasteiger partial charge in [0.25, 0.3) is 11.1 Å². The first kappa shape index (κ1) is 22.6. The van der Waals surface area contributed by atoms with E-state index in [9.17, 15) is 14.0 Å². The molecule has 0 atom stereocenters. The lowest BCUT2D eigenvalue weighted by Crippen LogP contribution is -2.36. The third-order valence-corrected chi connectivity index (χ3v) is 5.03. The minimum atomic E-state index is -0.369. The standard InChI is InChI=1S/C20H18ClFN4O4S/c1-26(10-17(27)23-16-5-3-2-4-15(16)21)19(28)12-31-20-25-24-18(30-20)11-29-14-8-6-13(22)7-9-14/h2-9H,10-12H2,1H3,(H,23,27). The van der Waals surface area contributed by atoms with Crippen molar-refractivity contribution in [2.24, 2.45) is 0 Å². The number of hydrogen-bond donors (Lipinski definition) is 1. The first-order valence-corrected chi connectivity index (χ1v) is 10.4. The number of amides is 2. The van der Waals surface area contributed by atoms with E-state index < -0.39 is 0 Å². The number of rotatable bonds is 9. The lowest BCUT2D eigenvalue weighted by atomic mass is 10.3. The summed E-state index contributed by atoms with van der Waals surface area (Å²) in [5, 5.41) is 10.9. The van der Waals surface area contributed by atoms with Crippen LogP contribution in [0.1, 0.15) is 5.89 Å². The number of carbonyl (C=O) groups is 2. The summed E-state index contributed by atoms with van der Waals surface area (Å²) < 4.78 is 23.7. The fraction of sp³-hybridized carbons (Fsp3) is 0.200. The molecule has 3 aromatic rings. The molecule has 162 valence electrons. The molecule has 0 fully saturated rings. The fourth-order valence-corrected chi connectivity index (χ4v) is 3.22. The van der Waals surface area contributed by atoms with E-state index in [4.69, 9.17) is 20.8 Å². The highest BCUT2D eigenvalue weighted by molar-refractivity contribution is 7.99. The number of thioether (sulfide) groups is 1. The molecule has 2 amide bonds. The van der Waals surface area contributed by atoms with Crippen LogP contribution in [-0.4, -0.2) is 46.3 Å². The minimum absolute atomic E-state index is 0.00918. The molecule has 31 heavy (non-hydrogen) atoms. The Morgan fingerprint density at radius 2 is 1.94 bits per heavy atom. The van der Waals surface area contributed by atoms with E-state index in [2.05, 4.69) is 15.5 Å². The smallest absolute Gasteiger partial charge is 0.277 e. The van der Waals surface area contributed by atoms with Crippen molar-refractivity contribution in [3.8, 4) is 5.75 Å². The molecule has 0 bridgehead atoms. The van der Waals surface area contributed by atoms with Gasteiger partial charge < -0.3 is 19.4 Å². The van der Waals surface area contributed by atoms with Gasteiger partial charge in [-0.15, -0.1) is 10.2 Å². The molecule has 1 N–H and O–H groups in total. The molecule has 3 rings (SSSR count). The summed E-state index contributed by atoms with van der Waals surface area (Å²) in [7, 11) is 1.52. The molecule has 11 heteroatoms. The Kier molecular flexibility index (Phi) is 7.85. The van der Waals surface area contributed by atoms with Crippen molar-refractivity contribution < 1.29 is 23.1 Å². The number of hydrogen-bond acceptors (Lipinski definition) is 7. The maximum Gasteiger partial charge on any atom is 0.277 e. The van der Waals surface area contributed by atoms with Crippen LogP contribution in [0.5, 0.6) is 5.75 Å². The van der Waals surface area contributed by atoms with Gasteiger partial charge in [0.1, 0.15) is 11.6 Å². The zero-order valence-corrected chi connectivity index (χ0v) is 18.0. The predicted molar refractivity (Wildman–Crippen MR) is 113 cm³/mol. The van der Waals surface area contributed by atoms with Crippen LogP contribution in [0.15, 0.2) is 58.2 Å². The van der Waals surface area contributed by atoms with Gasteiger partial charge in [0.05, 0.1) is 23.0 Å². The Bertz CT molecular complexity index is 1050. The molecule has 0 spiro atoms. The molecule has 2 aromatic carbocycles. The third-order valence-electron chi connectivity index (χ3n) is 3.90. The number of aromatic nitrogens is 2. The Labute approximate surface area is 186 Å². The van der Waals surface area contributed by atoms with Crippen molar-refractivity contribution in [1.29, 1.82) is 0 Å². The van der Waals surface area contributed by atoms with Gasteiger partial charge in [0.15, 0.2) is 6.61 Å². The second-order valence-corrected chi connectivity index (χ2v) is 7.60. The molecule has 0 aliphatic rings. The largest absolute Gasteiger partial charge is 0.484 e. The summed E-state index contributed by atoms with van der Waals surface area (Å²) in [5.74, 6) is -0.336. The Hall–Kier alpha value is -3.11. The molecule has 1 heterocycles. The van der Waals surface area contributed by atoms with Crippen LogP contribution in [0.2, 0.25) is 5.02 Å². The van der Waals surface area contributed by atoms with Crippen LogP contribution >= 0.6 is 23.4 Å². The number of nitrogens with one attached hydrogen (secondary N) is 1. The Balaban J connectivity index is 1.42. The molecule has 0 saturated heterocycles. The van der Waals surface area contributed by atoms with Crippen LogP contribution in [0.3, 0.4) is 0 Å². The van der Waals surface area contributed by atoms with Gasteiger partial charge in [0.2, 0.25) is 11.8 Å². The van der Waals surface area contributed by atoms with Gasteiger partial charge in [-0.25, -0.2) is 4.39 Å². The van der Waals surface area contributed by atoms with Crippen molar-refractivity contribution >= 4 is 40.9 Å². The van der Waals surface area contributed by atoms with Crippen molar-refractivity contribution in [1.82, 2.24) is 15.1 Å². The second kappa shape index (κ2) is 10.8. The van der Waals surface area contributed by atoms with Gasteiger partial charge in [-0.1, -0.05) is 35.5 Å². The number of benzene rings is 2. The molecule has 0 aliphatic heterocycles. The van der Waals surface area contributed by atoms with E-state index in [0.29, 0.717) is 16.5 Å². The average molecular weight is 465 g/mol. The van der Waals surface area contributed by atoms with Crippen molar-refractivity contribution in [3.63, 3.8) is 0 Å². The van der Waals surface area contributed by atoms with Crippen LogP contribution < -0.4 is 10.1 Å². The predicted octanol–water partition coefficient (Wildman–Crippen LogP) is 3.63. The Morgan fingerprint density at radius 3 is 2.68 bits per heavy atom. The van der Waals surface area contributed by atoms with E-state index in [1.165, 1.54) is 36.2 Å². The monoisotopic (exact) mass is 464 g/mol. The first-order chi connectivity index (χ1) is 14.9. The summed E-state index contributed by atoms with van der Waals surface area (Å²) in [6.07, 6.45) is 0. The maximum atomic E-state index is 12.9. The molecular weight excluding hydrogens is 447 g/mol. The fourth-order valence-electron chi connectivity index (χ4n) is 2.32. The lowest BCUT2D eigenvalue weighted by molar-refractivity contribution is -0.131. The SMILES string of the molecule is CN(CC(=O)Nc1ccccc1Cl)C(=O)CSc1nnc(COc2ccc(F)cc2)o1. The normalized spacial score (nSPS) is 10.5. The summed E-state index contributed by atoms with van der Waals surface area (Å²) in [4.78, 5) is 25.7. The van der Waals surface area contributed by atoms with E-state index in [-0.39, 0.29) is 47.6 Å². The molecule has 0 aliphatic carbocycles. The molecule has 1 aromatic heterocycles. The van der Waals surface area contributed by atoms with Crippen LogP contribution in [0.4, 0.5) is 10.1 Å². The summed E-state index contributed by atoms with van der Waals surface area (Å²) in [5.41, 5.74) is 0.477. The van der Waals surface area contributed by atoms with Crippen molar-refractivity contribution in [3.05, 3.63) is 65.3 Å². The van der Waals surface area contributed by atoms with Crippen LogP contribution in [0.25, 0.3) is 0 Å². The van der Waals surface area contributed by atoms with Gasteiger partial charge in [-0.2, -0.15) is 0 Å². The Morgan fingerprint density at radius 1 is 1.19 bits per heavy atom. The van der Waals surface area contributed by atoms with E-state index in [1.807, 2.05) is 0 Å². The third kappa shape index (κ3) is 6.97. The highest BCUT2D eigenvalue weighted by atomic mass is 35.5. The van der Waals surface area contributed by atoms with Gasteiger partial charge in [-0.05, 0) is 36.4 Å². The zero-order chi connectivity index (χ0) is 22.2. The average Bonchev–Trinajstić information content (AvgIpc) is 3.21. The number of likely N-dealkylation sites (N-methyl/N-ethyl adjacent to an activating group) is 1. The minimum Gasteiger partial charge on any atom is -0.484 e. The number of carbonyl (C=O) groups excluding carboxylic acids is 2. The molecule has 0 radical (unpaired) electrons. The molecule has 0 unspecified atom stereocenters. The van der Waals surface area contributed by atoms with E-state index >= 15 is 0 Å². The highest BCUT2D eigenvalue weighted by Crippen LogP contribution is 2.21. The van der Waals surface area contributed by atoms with Crippen LogP contribution in [-0.2, 0) is 16.2 Å². The van der Waals surface area contributed by atoms with Crippen molar-refractivity contribution in [2.45, 2.75) is 11.8 Å². The summed E-state index contributed by atoms with van der Waals surface area (Å²) in [6.45, 7) is -0.125. The van der Waals surface area contributed by atoms with Crippen molar-refractivity contribution in [2.75, 3.05) is 24.7 Å². The van der Waals surface area contributed by atoms with E-state index in [1.54, 1.807) is 24.3 Å². The molecule has 8 nitrogen and oxygen atoms in total. The van der Waals surface area contributed by atoms with E-state index in [0.717, 1.165) is 11.8 Å². The lowest BCUT2D eigenvalue weighted by Gasteiger charge is -2.16. The van der Waals surface area contributed by atoms with Gasteiger partial charge in [-0.3, -0.25) is 9.59 Å². The number of halogens is 2. The quantitative estimate of drug-likeness (QED) is 0.483. The second-order valence-electron chi connectivity index (χ2n) is 6.27. The number of anilines is 1. The summed E-state index contributed by atoms with van der Waals surface area (Å²) >= 11 is 7.05. The topological polar surface area (TPSA) is 97.6 Å². The van der Waals surface area contributed by atoms with Gasteiger partial charge in [0, 0.05) is 7.05 Å². The highest BCUT2D eigenvalue weighted by Gasteiger charge is 2.16.